The zero-order chi connectivity index (χ0) is 35.3. The summed E-state index contributed by atoms with van der Waals surface area (Å²) in [5.41, 5.74) is 2.98. The van der Waals surface area contributed by atoms with Crippen LogP contribution in [0.15, 0.2) is 164 Å². The number of thiophene rings is 2. The third kappa shape index (κ3) is 4.37. The maximum Gasteiger partial charge on any atom is 0.165 e. The second kappa shape index (κ2) is 11.5. The minimum absolute atomic E-state index is 0.661. The van der Waals surface area contributed by atoms with Crippen LogP contribution >= 0.6 is 22.7 Å². The van der Waals surface area contributed by atoms with E-state index in [-0.39, 0.29) is 0 Å². The highest BCUT2D eigenvalue weighted by atomic mass is 32.1. The van der Waals surface area contributed by atoms with Crippen LogP contribution in [0.3, 0.4) is 0 Å². The van der Waals surface area contributed by atoms with E-state index in [1.165, 1.54) is 78.0 Å². The predicted molar refractivity (Wildman–Crippen MR) is 232 cm³/mol. The summed E-state index contributed by atoms with van der Waals surface area (Å²) in [5, 5.41) is 14.9. The van der Waals surface area contributed by atoms with Crippen LogP contribution in [0.2, 0.25) is 0 Å². The molecule has 54 heavy (non-hydrogen) atoms. The van der Waals surface area contributed by atoms with Crippen LogP contribution in [0.5, 0.6) is 0 Å². The molecule has 3 aromatic heterocycles. The zero-order valence-electron chi connectivity index (χ0n) is 28.7. The topological polar surface area (TPSA) is 38.7 Å². The van der Waals surface area contributed by atoms with E-state index in [4.69, 9.17) is 15.0 Å². The third-order valence-electron chi connectivity index (χ3n) is 10.9. The highest BCUT2D eigenvalue weighted by Gasteiger charge is 2.22. The van der Waals surface area contributed by atoms with E-state index in [0.29, 0.717) is 17.5 Å². The first kappa shape index (κ1) is 30.0. The zero-order valence-corrected chi connectivity index (χ0v) is 30.4. The van der Waals surface area contributed by atoms with Crippen molar-refractivity contribution in [3.8, 4) is 34.2 Å². The van der Waals surface area contributed by atoms with Crippen molar-refractivity contribution in [3.05, 3.63) is 164 Å². The smallest absolute Gasteiger partial charge is 0.165 e. The Morgan fingerprint density at radius 2 is 0.889 bits per heavy atom. The number of aromatic nitrogens is 3. The van der Waals surface area contributed by atoms with Gasteiger partial charge in [-0.3, -0.25) is 0 Å². The van der Waals surface area contributed by atoms with Gasteiger partial charge in [0.25, 0.3) is 0 Å². The number of rotatable bonds is 3. The molecular weight excluding hydrogens is 695 g/mol. The summed E-state index contributed by atoms with van der Waals surface area (Å²) in [7, 11) is 0. The molecule has 0 spiro atoms. The molecule has 0 atom stereocenters. The van der Waals surface area contributed by atoms with Crippen LogP contribution < -0.4 is 0 Å². The van der Waals surface area contributed by atoms with Gasteiger partial charge in [0.1, 0.15) is 0 Å². The first-order valence-corrected chi connectivity index (χ1v) is 19.7. The molecule has 9 aromatic carbocycles. The molecule has 12 rings (SSSR count). The molecule has 0 bridgehead atoms. The van der Waals surface area contributed by atoms with Gasteiger partial charge < -0.3 is 0 Å². The fourth-order valence-electron chi connectivity index (χ4n) is 8.48. The first-order valence-electron chi connectivity index (χ1n) is 18.1. The molecule has 0 saturated carbocycles. The average Bonchev–Trinajstić information content (AvgIpc) is 3.80. The molecular formula is C49H27N3S2. The summed E-state index contributed by atoms with van der Waals surface area (Å²) in [6, 6.07) is 58.9. The van der Waals surface area contributed by atoms with E-state index in [2.05, 4.69) is 146 Å². The van der Waals surface area contributed by atoms with Gasteiger partial charge in [-0.05, 0) is 68.0 Å². The molecule has 0 N–H and O–H groups in total. The van der Waals surface area contributed by atoms with Crippen LogP contribution in [-0.2, 0) is 0 Å². The predicted octanol–water partition coefficient (Wildman–Crippen LogP) is 14.2. The summed E-state index contributed by atoms with van der Waals surface area (Å²) >= 11 is 3.69. The average molecular weight is 722 g/mol. The molecule has 0 amide bonds. The molecule has 3 nitrogen and oxygen atoms in total. The molecule has 3 heterocycles. The number of hydrogen-bond donors (Lipinski definition) is 0. The van der Waals surface area contributed by atoms with Crippen molar-refractivity contribution < 1.29 is 0 Å². The van der Waals surface area contributed by atoms with E-state index in [1.54, 1.807) is 0 Å². The van der Waals surface area contributed by atoms with E-state index < -0.39 is 0 Å². The van der Waals surface area contributed by atoms with Crippen molar-refractivity contribution in [1.82, 2.24) is 15.0 Å². The van der Waals surface area contributed by atoms with E-state index in [0.717, 1.165) is 22.1 Å². The second-order valence-electron chi connectivity index (χ2n) is 13.9. The van der Waals surface area contributed by atoms with Crippen molar-refractivity contribution in [2.24, 2.45) is 0 Å². The molecule has 12 aromatic rings. The highest BCUT2D eigenvalue weighted by Crippen LogP contribution is 2.48. The lowest BCUT2D eigenvalue weighted by Crippen LogP contribution is -2.01. The SMILES string of the molecule is c1ccc(-c2nc(-c3ccc4sc5ccccc5c4c3)nc(-c3c4ccccc4cc4sc5c(ccc6c7ccccc7c7ccccc7c65)c34)n2)cc1. The Hall–Kier alpha value is -6.53. The summed E-state index contributed by atoms with van der Waals surface area (Å²) in [5.74, 6) is 2.01. The van der Waals surface area contributed by atoms with Crippen LogP contribution in [-0.4, -0.2) is 15.0 Å². The van der Waals surface area contributed by atoms with Crippen molar-refractivity contribution in [2.75, 3.05) is 0 Å². The van der Waals surface area contributed by atoms with Crippen molar-refractivity contribution in [2.45, 2.75) is 0 Å². The van der Waals surface area contributed by atoms with Crippen molar-refractivity contribution >= 4 is 106 Å². The molecule has 250 valence electrons. The molecule has 0 aliphatic carbocycles. The van der Waals surface area contributed by atoms with Gasteiger partial charge in [-0.25, -0.2) is 15.0 Å². The van der Waals surface area contributed by atoms with Crippen LogP contribution in [0.1, 0.15) is 0 Å². The minimum atomic E-state index is 0.661. The Labute approximate surface area is 317 Å². The normalized spacial score (nSPS) is 12.1. The van der Waals surface area contributed by atoms with Gasteiger partial charge in [-0.1, -0.05) is 133 Å². The van der Waals surface area contributed by atoms with Crippen LogP contribution in [0.4, 0.5) is 0 Å². The molecule has 0 unspecified atom stereocenters. The lowest BCUT2D eigenvalue weighted by atomic mass is 9.92. The van der Waals surface area contributed by atoms with Gasteiger partial charge >= 0.3 is 0 Å². The highest BCUT2D eigenvalue weighted by molar-refractivity contribution is 7.27. The largest absolute Gasteiger partial charge is 0.208 e. The van der Waals surface area contributed by atoms with Crippen molar-refractivity contribution in [1.29, 1.82) is 0 Å². The molecule has 0 saturated heterocycles. The van der Waals surface area contributed by atoms with Gasteiger partial charge in [-0.15, -0.1) is 22.7 Å². The summed E-state index contributed by atoms with van der Waals surface area (Å²) in [4.78, 5) is 15.9. The Morgan fingerprint density at radius 1 is 0.315 bits per heavy atom. The standard InChI is InChI=1S/C49H27N3S2/c1-2-12-28(13-3-1)47-50-48(30-22-25-41-39(26-30)35-19-10-11-21-40(35)53-41)52-49(51-47)45-31-15-5-4-14-29(31)27-42-44(45)38-24-23-37-34-18-7-6-16-32(34)33-17-8-9-20-36(33)43(37)46(38)54-42/h1-27H. The summed E-state index contributed by atoms with van der Waals surface area (Å²) in [6.45, 7) is 0. The van der Waals surface area contributed by atoms with E-state index in [1.807, 2.05) is 40.9 Å². The van der Waals surface area contributed by atoms with Gasteiger partial charge in [0.2, 0.25) is 0 Å². The fourth-order valence-corrected chi connectivity index (χ4v) is 10.9. The number of fused-ring (bicyclic) bond motifs is 14. The quantitative estimate of drug-likeness (QED) is 0.171. The van der Waals surface area contributed by atoms with Crippen molar-refractivity contribution in [3.63, 3.8) is 0 Å². The fraction of sp³-hybridized carbons (Fsp3) is 0. The minimum Gasteiger partial charge on any atom is -0.208 e. The monoisotopic (exact) mass is 721 g/mol. The van der Waals surface area contributed by atoms with Gasteiger partial charge in [0, 0.05) is 62.4 Å². The maximum atomic E-state index is 5.40. The maximum absolute atomic E-state index is 5.40. The summed E-state index contributed by atoms with van der Waals surface area (Å²) in [6.07, 6.45) is 0. The number of hydrogen-bond acceptors (Lipinski definition) is 5. The van der Waals surface area contributed by atoms with Gasteiger partial charge in [0.15, 0.2) is 17.5 Å². The molecule has 5 heteroatoms. The Morgan fingerprint density at radius 3 is 1.69 bits per heavy atom. The molecule has 0 fully saturated rings. The van der Waals surface area contributed by atoms with Crippen LogP contribution in [0.25, 0.3) is 118 Å². The Balaban J connectivity index is 1.20. The lowest BCUT2D eigenvalue weighted by Gasteiger charge is -2.13. The third-order valence-corrected chi connectivity index (χ3v) is 13.2. The van der Waals surface area contributed by atoms with E-state index >= 15 is 0 Å². The number of benzene rings is 9. The number of nitrogens with zero attached hydrogens (tertiary/aromatic N) is 3. The van der Waals surface area contributed by atoms with Gasteiger partial charge in [0.05, 0.1) is 0 Å². The molecule has 0 aliphatic rings. The lowest BCUT2D eigenvalue weighted by molar-refractivity contribution is 1.08. The molecule has 0 radical (unpaired) electrons. The Bertz CT molecular complexity index is 3470. The Kier molecular flexibility index (Phi) is 6.38. The second-order valence-corrected chi connectivity index (χ2v) is 16.0. The van der Waals surface area contributed by atoms with Gasteiger partial charge in [-0.2, -0.15) is 0 Å². The van der Waals surface area contributed by atoms with E-state index in [9.17, 15) is 0 Å². The summed E-state index contributed by atoms with van der Waals surface area (Å²) < 4.78 is 5.04. The molecule has 0 aliphatic heterocycles. The van der Waals surface area contributed by atoms with Crippen LogP contribution in [0, 0.1) is 0 Å². The first-order chi connectivity index (χ1) is 26.8.